The van der Waals surface area contributed by atoms with Crippen molar-refractivity contribution in [2.45, 2.75) is 17.6 Å². The summed E-state index contributed by atoms with van der Waals surface area (Å²) in [5, 5.41) is 3.82. The summed E-state index contributed by atoms with van der Waals surface area (Å²) in [4.78, 5) is 12.8. The smallest absolute Gasteiger partial charge is 0.264 e. The fourth-order valence-corrected chi connectivity index (χ4v) is 5.72. The number of rotatable bonds is 11. The van der Waals surface area contributed by atoms with Crippen molar-refractivity contribution in [1.29, 1.82) is 0 Å². The number of nitrogens with zero attached hydrogens (tertiary/aromatic N) is 1. The minimum absolute atomic E-state index is 0.115. The van der Waals surface area contributed by atoms with E-state index in [9.17, 15) is 13.2 Å². The number of methoxy groups -OCH3 is 1. The molecule has 0 radical (unpaired) electrons. The van der Waals surface area contributed by atoms with Gasteiger partial charge in [-0.3, -0.25) is 9.10 Å². The molecule has 6 nitrogen and oxygen atoms in total. The molecular weight excluding hydrogens is 527 g/mol. The maximum atomic E-state index is 13.4. The first-order valence-corrected chi connectivity index (χ1v) is 14.1. The Labute approximate surface area is 220 Å². The highest BCUT2D eigenvalue weighted by Crippen LogP contribution is 2.26. The topological polar surface area (TPSA) is 75.7 Å². The van der Waals surface area contributed by atoms with Gasteiger partial charge in [0, 0.05) is 18.1 Å². The number of sulfonamides is 1. The average Bonchev–Trinajstić information content (AvgIpc) is 2.85. The van der Waals surface area contributed by atoms with Gasteiger partial charge >= 0.3 is 0 Å². The van der Waals surface area contributed by atoms with Gasteiger partial charge < -0.3 is 10.1 Å². The monoisotopic (exact) mass is 552 g/mol. The minimum Gasteiger partial charge on any atom is -0.497 e. The molecule has 0 saturated carbocycles. The zero-order valence-corrected chi connectivity index (χ0v) is 22.5. The van der Waals surface area contributed by atoms with Crippen LogP contribution in [-0.2, 0) is 20.6 Å². The number of thioether (sulfide) groups is 1. The lowest BCUT2D eigenvalue weighted by atomic mass is 10.2. The van der Waals surface area contributed by atoms with Crippen LogP contribution in [-0.4, -0.2) is 40.3 Å². The van der Waals surface area contributed by atoms with Crippen LogP contribution >= 0.6 is 35.0 Å². The van der Waals surface area contributed by atoms with E-state index in [4.69, 9.17) is 27.9 Å². The standard InChI is InChI=1S/C25H26Cl2N2O4S2/c1-18-3-10-22(11-4-18)35(31,32)29(20-6-8-21(33-2)9-7-20)16-25(30)28-13-14-34-17-19-5-12-23(26)24(27)15-19/h3-12,15H,13-14,16-17H2,1-2H3,(H,28,30). The molecule has 10 heteroatoms. The van der Waals surface area contributed by atoms with Crippen molar-refractivity contribution in [3.8, 4) is 5.75 Å². The van der Waals surface area contributed by atoms with E-state index in [1.54, 1.807) is 66.4 Å². The van der Waals surface area contributed by atoms with Gasteiger partial charge in [0.05, 0.1) is 27.7 Å². The third-order valence-electron chi connectivity index (χ3n) is 5.08. The number of benzene rings is 3. The van der Waals surface area contributed by atoms with E-state index >= 15 is 0 Å². The Morgan fingerprint density at radius 2 is 1.69 bits per heavy atom. The van der Waals surface area contributed by atoms with Gasteiger partial charge in [-0.15, -0.1) is 0 Å². The summed E-state index contributed by atoms with van der Waals surface area (Å²) in [5.41, 5.74) is 2.34. The zero-order valence-electron chi connectivity index (χ0n) is 19.3. The van der Waals surface area contributed by atoms with Crippen LogP contribution in [0.3, 0.4) is 0 Å². The van der Waals surface area contributed by atoms with Crippen LogP contribution in [0.2, 0.25) is 10.0 Å². The van der Waals surface area contributed by atoms with Crippen LogP contribution in [0.1, 0.15) is 11.1 Å². The highest BCUT2D eigenvalue weighted by Gasteiger charge is 2.27. The second kappa shape index (κ2) is 12.5. The van der Waals surface area contributed by atoms with Crippen LogP contribution in [0.25, 0.3) is 0 Å². The fourth-order valence-electron chi connectivity index (χ4n) is 3.17. The van der Waals surface area contributed by atoms with Crippen LogP contribution < -0.4 is 14.4 Å². The summed E-state index contributed by atoms with van der Waals surface area (Å²) in [6, 6.07) is 18.6. The van der Waals surface area contributed by atoms with Crippen LogP contribution in [0, 0.1) is 6.92 Å². The van der Waals surface area contributed by atoms with Crippen molar-refractivity contribution in [2.24, 2.45) is 0 Å². The Morgan fingerprint density at radius 3 is 2.31 bits per heavy atom. The quantitative estimate of drug-likeness (QED) is 0.315. The summed E-state index contributed by atoms with van der Waals surface area (Å²) in [7, 11) is -2.43. The van der Waals surface area contributed by atoms with Gasteiger partial charge in [-0.1, -0.05) is 47.0 Å². The van der Waals surface area contributed by atoms with Gasteiger partial charge in [0.2, 0.25) is 5.91 Å². The summed E-state index contributed by atoms with van der Waals surface area (Å²) >= 11 is 13.6. The molecule has 0 aliphatic carbocycles. The molecule has 1 N–H and O–H groups in total. The number of hydrogen-bond acceptors (Lipinski definition) is 5. The summed E-state index contributed by atoms with van der Waals surface area (Å²) < 4.78 is 33.1. The van der Waals surface area contributed by atoms with Gasteiger partial charge in [0.1, 0.15) is 12.3 Å². The Bertz CT molecular complexity index is 1250. The van der Waals surface area contributed by atoms with Crippen LogP contribution in [0.5, 0.6) is 5.75 Å². The molecule has 0 saturated heterocycles. The summed E-state index contributed by atoms with van der Waals surface area (Å²) in [6.07, 6.45) is 0. The maximum absolute atomic E-state index is 13.4. The molecule has 0 unspecified atom stereocenters. The predicted molar refractivity (Wildman–Crippen MR) is 144 cm³/mol. The number of amides is 1. The molecule has 0 aromatic heterocycles. The lowest BCUT2D eigenvalue weighted by Gasteiger charge is -2.24. The molecule has 0 fully saturated rings. The van der Waals surface area contributed by atoms with Gasteiger partial charge in [0.15, 0.2) is 0 Å². The van der Waals surface area contributed by atoms with E-state index in [1.165, 1.54) is 7.11 Å². The molecule has 1 amide bonds. The minimum atomic E-state index is -3.96. The Morgan fingerprint density at radius 1 is 1.00 bits per heavy atom. The second-order valence-corrected chi connectivity index (χ2v) is 11.5. The van der Waals surface area contributed by atoms with Gasteiger partial charge in [-0.2, -0.15) is 11.8 Å². The van der Waals surface area contributed by atoms with Crippen molar-refractivity contribution in [3.63, 3.8) is 0 Å². The van der Waals surface area contributed by atoms with E-state index in [2.05, 4.69) is 5.32 Å². The van der Waals surface area contributed by atoms with Gasteiger partial charge in [-0.25, -0.2) is 8.42 Å². The number of hydrogen-bond donors (Lipinski definition) is 1. The zero-order chi connectivity index (χ0) is 25.4. The van der Waals surface area contributed by atoms with E-state index in [-0.39, 0.29) is 11.4 Å². The Balaban J connectivity index is 1.64. The molecule has 0 aliphatic rings. The molecule has 3 aromatic rings. The number of carbonyl (C=O) groups is 1. The van der Waals surface area contributed by atoms with E-state index in [0.717, 1.165) is 15.4 Å². The molecule has 0 atom stereocenters. The number of ether oxygens (including phenoxy) is 1. The third kappa shape index (κ3) is 7.54. The van der Waals surface area contributed by atoms with Crippen molar-refractivity contribution in [1.82, 2.24) is 5.32 Å². The van der Waals surface area contributed by atoms with Crippen molar-refractivity contribution in [3.05, 3.63) is 87.9 Å². The molecule has 0 heterocycles. The number of anilines is 1. The van der Waals surface area contributed by atoms with Gasteiger partial charge in [-0.05, 0) is 61.0 Å². The molecule has 3 aromatic carbocycles. The fraction of sp³-hybridized carbons (Fsp3) is 0.240. The van der Waals surface area contributed by atoms with Crippen molar-refractivity contribution in [2.75, 3.05) is 30.3 Å². The van der Waals surface area contributed by atoms with Crippen molar-refractivity contribution < 1.29 is 17.9 Å². The molecule has 186 valence electrons. The normalized spacial score (nSPS) is 11.2. The lowest BCUT2D eigenvalue weighted by molar-refractivity contribution is -0.119. The SMILES string of the molecule is COc1ccc(N(CC(=O)NCCSCc2ccc(Cl)c(Cl)c2)S(=O)(=O)c2ccc(C)cc2)cc1. The highest BCUT2D eigenvalue weighted by molar-refractivity contribution is 7.98. The largest absolute Gasteiger partial charge is 0.497 e. The van der Waals surface area contributed by atoms with E-state index in [0.29, 0.717) is 39.5 Å². The molecule has 0 bridgehead atoms. The first-order valence-electron chi connectivity index (χ1n) is 10.7. The van der Waals surface area contributed by atoms with E-state index in [1.807, 2.05) is 19.1 Å². The summed E-state index contributed by atoms with van der Waals surface area (Å²) in [6.45, 7) is 1.93. The summed E-state index contributed by atoms with van der Waals surface area (Å²) in [5.74, 6) is 1.56. The van der Waals surface area contributed by atoms with Crippen LogP contribution in [0.4, 0.5) is 5.69 Å². The maximum Gasteiger partial charge on any atom is 0.264 e. The third-order valence-corrected chi connectivity index (χ3v) is 8.64. The number of aryl methyl sites for hydroxylation is 1. The molecule has 0 aliphatic heterocycles. The Kier molecular flexibility index (Phi) is 9.74. The van der Waals surface area contributed by atoms with Crippen molar-refractivity contribution >= 4 is 56.6 Å². The van der Waals surface area contributed by atoms with E-state index < -0.39 is 15.9 Å². The lowest BCUT2D eigenvalue weighted by Crippen LogP contribution is -2.41. The Hall–Kier alpha value is -2.39. The highest BCUT2D eigenvalue weighted by atomic mass is 35.5. The van der Waals surface area contributed by atoms with Crippen LogP contribution in [0.15, 0.2) is 71.6 Å². The second-order valence-electron chi connectivity index (χ2n) is 7.67. The molecule has 3 rings (SSSR count). The average molecular weight is 554 g/mol. The van der Waals surface area contributed by atoms with Gasteiger partial charge in [0.25, 0.3) is 10.0 Å². The first kappa shape index (κ1) is 27.2. The number of halogens is 2. The molecular formula is C25H26Cl2N2O4S2. The predicted octanol–water partition coefficient (Wildman–Crippen LogP) is 5.56. The molecule has 0 spiro atoms. The number of carbonyl (C=O) groups excluding carboxylic acids is 1. The first-order chi connectivity index (χ1) is 16.7. The number of nitrogens with one attached hydrogen (secondary N) is 1. The molecule has 35 heavy (non-hydrogen) atoms.